The Bertz CT molecular complexity index is 236. The lowest BCUT2D eigenvalue weighted by atomic mass is 9.87. The average Bonchev–Trinajstić information content (AvgIpc) is 2.40. The highest BCUT2D eigenvalue weighted by atomic mass is 15.2. The van der Waals surface area contributed by atoms with Crippen LogP contribution in [0.4, 0.5) is 0 Å². The molecule has 0 fully saturated rings. The fourth-order valence-corrected chi connectivity index (χ4v) is 2.51. The Balaban J connectivity index is 4.66. The molecule has 0 aromatic rings. The summed E-state index contributed by atoms with van der Waals surface area (Å²) >= 11 is 0. The number of rotatable bonds is 12. The van der Waals surface area contributed by atoms with E-state index >= 15 is 0 Å². The molecule has 0 heterocycles. The fourth-order valence-electron chi connectivity index (χ4n) is 2.51. The molecule has 0 aromatic heterocycles. The van der Waals surface area contributed by atoms with Gasteiger partial charge < -0.3 is 10.2 Å². The molecule has 0 bridgehead atoms. The van der Waals surface area contributed by atoms with Gasteiger partial charge in [0, 0.05) is 25.0 Å². The minimum absolute atomic E-state index is 0.208. The van der Waals surface area contributed by atoms with Gasteiger partial charge in [-0.1, -0.05) is 59.0 Å². The van der Waals surface area contributed by atoms with E-state index in [-0.39, 0.29) is 5.54 Å². The van der Waals surface area contributed by atoms with Crippen molar-refractivity contribution >= 4 is 0 Å². The van der Waals surface area contributed by atoms with E-state index in [1.54, 1.807) is 0 Å². The van der Waals surface area contributed by atoms with Gasteiger partial charge in [0.25, 0.3) is 0 Å². The fraction of sp³-hybridized carbons (Fsp3) is 0.765. The van der Waals surface area contributed by atoms with E-state index in [0.717, 1.165) is 0 Å². The molecule has 19 heavy (non-hydrogen) atoms. The highest BCUT2D eigenvalue weighted by Gasteiger charge is 2.27. The zero-order valence-electron chi connectivity index (χ0n) is 13.5. The van der Waals surface area contributed by atoms with Crippen molar-refractivity contribution in [3.63, 3.8) is 0 Å². The van der Waals surface area contributed by atoms with Crippen LogP contribution >= 0.6 is 0 Å². The van der Waals surface area contributed by atoms with Gasteiger partial charge in [0.1, 0.15) is 0 Å². The van der Waals surface area contributed by atoms with Crippen molar-refractivity contribution in [1.29, 1.82) is 0 Å². The van der Waals surface area contributed by atoms with Gasteiger partial charge in [-0.2, -0.15) is 0 Å². The van der Waals surface area contributed by atoms with E-state index in [0.29, 0.717) is 0 Å². The molecule has 2 nitrogen and oxygen atoms in total. The Morgan fingerprint density at radius 3 is 1.95 bits per heavy atom. The highest BCUT2D eigenvalue weighted by molar-refractivity contribution is 4.98. The molecule has 0 rings (SSSR count). The number of hydrogen-bond acceptors (Lipinski definition) is 2. The molecule has 0 aliphatic heterocycles. The van der Waals surface area contributed by atoms with E-state index < -0.39 is 0 Å². The second-order valence-corrected chi connectivity index (χ2v) is 5.61. The van der Waals surface area contributed by atoms with Gasteiger partial charge in [-0.3, -0.25) is 0 Å². The predicted molar refractivity (Wildman–Crippen MR) is 86.9 cm³/mol. The molecule has 0 unspecified atom stereocenters. The first kappa shape index (κ1) is 18.1. The van der Waals surface area contributed by atoms with E-state index in [4.69, 9.17) is 0 Å². The molecule has 1 N–H and O–H groups in total. The van der Waals surface area contributed by atoms with Crippen molar-refractivity contribution in [2.45, 2.75) is 77.7 Å². The molecule has 112 valence electrons. The van der Waals surface area contributed by atoms with E-state index in [1.807, 2.05) is 19.4 Å². The summed E-state index contributed by atoms with van der Waals surface area (Å²) in [6.07, 6.45) is 16.4. The Hall–Kier alpha value is -0.920. The van der Waals surface area contributed by atoms with Crippen LogP contribution in [-0.4, -0.2) is 17.5 Å². The Labute approximate surface area is 121 Å². The first-order valence-corrected chi connectivity index (χ1v) is 7.89. The minimum Gasteiger partial charge on any atom is -0.393 e. The zero-order chi connectivity index (χ0) is 14.6. The Morgan fingerprint density at radius 2 is 1.58 bits per heavy atom. The molecule has 2 heteroatoms. The summed E-state index contributed by atoms with van der Waals surface area (Å²) in [4.78, 5) is 2.29. The van der Waals surface area contributed by atoms with Gasteiger partial charge in [-0.25, -0.2) is 0 Å². The van der Waals surface area contributed by atoms with Crippen LogP contribution in [0.15, 0.2) is 25.2 Å². The zero-order valence-corrected chi connectivity index (χ0v) is 13.5. The lowest BCUT2D eigenvalue weighted by Crippen LogP contribution is -2.40. The van der Waals surface area contributed by atoms with Crippen molar-refractivity contribution < 1.29 is 0 Å². The smallest absolute Gasteiger partial charge is 0.0412 e. The maximum atomic E-state index is 3.98. The van der Waals surface area contributed by atoms with Crippen LogP contribution in [0.5, 0.6) is 0 Å². The van der Waals surface area contributed by atoms with Crippen molar-refractivity contribution in [3.8, 4) is 0 Å². The van der Waals surface area contributed by atoms with Crippen LogP contribution in [0.2, 0.25) is 0 Å². The van der Waals surface area contributed by atoms with Crippen molar-refractivity contribution in [2.24, 2.45) is 0 Å². The van der Waals surface area contributed by atoms with Gasteiger partial charge in [-0.15, -0.1) is 0 Å². The standard InChI is InChI=1S/C17H34N2/c1-6-9-11-13-17(4,14-12-10-7-2)19(8-3)16-15-18-5/h8,15-16,18H,3,6-7,9-14H2,1-2,4-5H3/b16-15-. The summed E-state index contributed by atoms with van der Waals surface area (Å²) in [7, 11) is 1.93. The molecule has 0 atom stereocenters. The topological polar surface area (TPSA) is 15.3 Å². The molecule has 0 amide bonds. The van der Waals surface area contributed by atoms with Crippen LogP contribution < -0.4 is 5.32 Å². The van der Waals surface area contributed by atoms with Gasteiger partial charge >= 0.3 is 0 Å². The number of hydrogen-bond donors (Lipinski definition) is 1. The average molecular weight is 266 g/mol. The molecule has 0 saturated carbocycles. The molecule has 0 radical (unpaired) electrons. The summed E-state index contributed by atoms with van der Waals surface area (Å²) in [6, 6.07) is 0. The number of nitrogens with zero attached hydrogens (tertiary/aromatic N) is 1. The summed E-state index contributed by atoms with van der Waals surface area (Å²) in [5.74, 6) is 0. The first-order valence-electron chi connectivity index (χ1n) is 7.89. The summed E-state index contributed by atoms with van der Waals surface area (Å²) in [6.45, 7) is 10.9. The summed E-state index contributed by atoms with van der Waals surface area (Å²) in [5, 5.41) is 3.07. The Morgan fingerprint density at radius 1 is 1.05 bits per heavy atom. The second-order valence-electron chi connectivity index (χ2n) is 5.61. The van der Waals surface area contributed by atoms with E-state index in [1.165, 1.54) is 51.4 Å². The monoisotopic (exact) mass is 266 g/mol. The normalized spacial score (nSPS) is 11.8. The van der Waals surface area contributed by atoms with Crippen LogP contribution in [0.3, 0.4) is 0 Å². The van der Waals surface area contributed by atoms with E-state index in [9.17, 15) is 0 Å². The Kier molecular flexibility index (Phi) is 10.4. The van der Waals surface area contributed by atoms with Crippen LogP contribution in [0.25, 0.3) is 0 Å². The molecule has 0 aliphatic carbocycles. The molecule has 0 spiro atoms. The lowest BCUT2D eigenvalue weighted by molar-refractivity contribution is 0.184. The van der Waals surface area contributed by atoms with Crippen LogP contribution in [-0.2, 0) is 0 Å². The second kappa shape index (κ2) is 11.0. The molecular weight excluding hydrogens is 232 g/mol. The third-order valence-electron chi connectivity index (χ3n) is 3.86. The number of nitrogens with one attached hydrogen (secondary N) is 1. The van der Waals surface area contributed by atoms with Crippen LogP contribution in [0, 0.1) is 0 Å². The molecule has 0 aliphatic rings. The highest BCUT2D eigenvalue weighted by Crippen LogP contribution is 2.29. The van der Waals surface area contributed by atoms with Gasteiger partial charge in [0.15, 0.2) is 0 Å². The van der Waals surface area contributed by atoms with Gasteiger partial charge in [0.2, 0.25) is 0 Å². The first-order chi connectivity index (χ1) is 9.14. The maximum absolute atomic E-state index is 3.98. The predicted octanol–water partition coefficient (Wildman–Crippen LogP) is 5.04. The van der Waals surface area contributed by atoms with Gasteiger partial charge in [-0.05, 0) is 26.0 Å². The molecule has 0 saturated heterocycles. The summed E-state index contributed by atoms with van der Waals surface area (Å²) < 4.78 is 0. The lowest BCUT2D eigenvalue weighted by Gasteiger charge is -2.39. The maximum Gasteiger partial charge on any atom is 0.0412 e. The largest absolute Gasteiger partial charge is 0.393 e. The molecule has 0 aromatic carbocycles. The number of unbranched alkanes of at least 4 members (excludes halogenated alkanes) is 4. The quantitative estimate of drug-likeness (QED) is 0.498. The van der Waals surface area contributed by atoms with Gasteiger partial charge in [0.05, 0.1) is 0 Å². The summed E-state index contributed by atoms with van der Waals surface area (Å²) in [5.41, 5.74) is 0.208. The van der Waals surface area contributed by atoms with E-state index in [2.05, 4.69) is 43.8 Å². The van der Waals surface area contributed by atoms with Crippen molar-refractivity contribution in [1.82, 2.24) is 10.2 Å². The third kappa shape index (κ3) is 7.29. The van der Waals surface area contributed by atoms with Crippen LogP contribution in [0.1, 0.15) is 72.1 Å². The third-order valence-corrected chi connectivity index (χ3v) is 3.86. The van der Waals surface area contributed by atoms with Crippen molar-refractivity contribution in [3.05, 3.63) is 25.2 Å². The van der Waals surface area contributed by atoms with Crippen molar-refractivity contribution in [2.75, 3.05) is 7.05 Å². The molecular formula is C17H34N2. The SMILES string of the molecule is C=CN(/C=C\NC)C(C)(CCCCC)CCCCC. The minimum atomic E-state index is 0.208.